The minimum Gasteiger partial charge on any atom is -0.477 e. The van der Waals surface area contributed by atoms with Gasteiger partial charge in [-0.25, -0.2) is 9.78 Å². The number of aromatic nitrogens is 1. The fourth-order valence-electron chi connectivity index (χ4n) is 3.31. The van der Waals surface area contributed by atoms with Gasteiger partial charge in [0.2, 0.25) is 5.88 Å². The molecule has 1 aromatic heterocycles. The zero-order chi connectivity index (χ0) is 19.0. The van der Waals surface area contributed by atoms with Gasteiger partial charge in [0.25, 0.3) is 0 Å². The third-order valence-electron chi connectivity index (χ3n) is 4.84. The average Bonchev–Trinajstić information content (AvgIpc) is 2.62. The molecule has 0 amide bonds. The van der Waals surface area contributed by atoms with E-state index in [9.17, 15) is 13.2 Å². The maximum Gasteiger partial charge on any atom is 0.490 e. The van der Waals surface area contributed by atoms with Crippen LogP contribution in [0.4, 0.5) is 13.2 Å². The van der Waals surface area contributed by atoms with Crippen LogP contribution in [0.15, 0.2) is 24.4 Å². The van der Waals surface area contributed by atoms with Gasteiger partial charge in [0.1, 0.15) is 0 Å². The molecule has 0 radical (unpaired) electrons. The molecule has 1 atom stereocenters. The maximum absolute atomic E-state index is 10.6. The Hall–Kier alpha value is -1.87. The minimum atomic E-state index is -5.08. The number of carboxylic acids is 1. The molecule has 3 rings (SSSR count). The van der Waals surface area contributed by atoms with Crippen molar-refractivity contribution in [2.24, 2.45) is 11.3 Å². The second-order valence-electron chi connectivity index (χ2n) is 6.42. The summed E-state index contributed by atoms with van der Waals surface area (Å²) in [6, 6.07) is 5.78. The zero-order valence-corrected chi connectivity index (χ0v) is 14.3. The van der Waals surface area contributed by atoms with E-state index in [1.54, 1.807) is 6.20 Å². The number of carboxylic acid groups (broad SMARTS) is 1. The van der Waals surface area contributed by atoms with E-state index in [1.165, 1.54) is 19.3 Å². The summed E-state index contributed by atoms with van der Waals surface area (Å²) in [6.07, 6.45) is 0.344. The van der Waals surface area contributed by atoms with E-state index in [-0.39, 0.29) is 0 Å². The van der Waals surface area contributed by atoms with Gasteiger partial charge in [0.15, 0.2) is 0 Å². The smallest absolute Gasteiger partial charge is 0.477 e. The van der Waals surface area contributed by atoms with E-state index in [4.69, 9.17) is 19.4 Å². The van der Waals surface area contributed by atoms with Gasteiger partial charge in [0.05, 0.1) is 13.2 Å². The highest BCUT2D eigenvalue weighted by Crippen LogP contribution is 2.43. The van der Waals surface area contributed by atoms with Crippen LogP contribution in [-0.2, 0) is 9.53 Å². The minimum absolute atomic E-state index is 0.415. The molecule has 2 N–H and O–H groups in total. The first kappa shape index (κ1) is 20.4. The molecule has 1 spiro atoms. The van der Waals surface area contributed by atoms with Crippen molar-refractivity contribution in [3.8, 4) is 5.88 Å². The topological polar surface area (TPSA) is 80.7 Å². The molecule has 1 aromatic rings. The molecular formula is C17H23F3N2O4. The molecule has 0 saturated carbocycles. The summed E-state index contributed by atoms with van der Waals surface area (Å²) in [5.41, 5.74) is 0.415. The van der Waals surface area contributed by atoms with Crippen LogP contribution in [0, 0.1) is 11.3 Å². The third kappa shape index (κ3) is 5.84. The van der Waals surface area contributed by atoms with Crippen molar-refractivity contribution in [3.63, 3.8) is 0 Å². The van der Waals surface area contributed by atoms with Crippen LogP contribution in [0.1, 0.15) is 19.3 Å². The number of halogens is 3. The van der Waals surface area contributed by atoms with Crippen LogP contribution in [0.2, 0.25) is 0 Å². The molecule has 2 aliphatic heterocycles. The highest BCUT2D eigenvalue weighted by atomic mass is 19.4. The lowest BCUT2D eigenvalue weighted by atomic mass is 9.66. The summed E-state index contributed by atoms with van der Waals surface area (Å²) in [5, 5.41) is 10.6. The molecule has 0 bridgehead atoms. The summed E-state index contributed by atoms with van der Waals surface area (Å²) in [5.74, 6) is -1.55. The predicted octanol–water partition coefficient (Wildman–Crippen LogP) is 2.50. The molecular weight excluding hydrogens is 353 g/mol. The van der Waals surface area contributed by atoms with E-state index < -0.39 is 12.1 Å². The Labute approximate surface area is 149 Å². The predicted molar refractivity (Wildman–Crippen MR) is 86.9 cm³/mol. The van der Waals surface area contributed by atoms with Gasteiger partial charge in [-0.05, 0) is 43.8 Å². The van der Waals surface area contributed by atoms with Gasteiger partial charge in [-0.2, -0.15) is 13.2 Å². The number of hydrogen-bond acceptors (Lipinski definition) is 5. The van der Waals surface area contributed by atoms with E-state index in [0.29, 0.717) is 11.3 Å². The van der Waals surface area contributed by atoms with Gasteiger partial charge in [-0.1, -0.05) is 6.07 Å². The Morgan fingerprint density at radius 2 is 2.04 bits per heavy atom. The number of nitrogens with zero attached hydrogens (tertiary/aromatic N) is 1. The van der Waals surface area contributed by atoms with Crippen molar-refractivity contribution in [1.82, 2.24) is 10.3 Å². The van der Waals surface area contributed by atoms with Crippen molar-refractivity contribution in [3.05, 3.63) is 24.4 Å². The monoisotopic (exact) mass is 376 g/mol. The molecule has 1 unspecified atom stereocenters. The Morgan fingerprint density at radius 1 is 1.35 bits per heavy atom. The van der Waals surface area contributed by atoms with Crippen LogP contribution >= 0.6 is 0 Å². The molecule has 146 valence electrons. The number of ether oxygens (including phenoxy) is 2. The molecule has 0 aromatic carbocycles. The number of aliphatic carboxylic acids is 1. The van der Waals surface area contributed by atoms with Crippen LogP contribution in [-0.4, -0.2) is 55.1 Å². The van der Waals surface area contributed by atoms with Crippen LogP contribution in [0.3, 0.4) is 0 Å². The molecule has 2 aliphatic rings. The molecule has 6 nitrogen and oxygen atoms in total. The summed E-state index contributed by atoms with van der Waals surface area (Å²) in [7, 11) is 0. The number of rotatable bonds is 3. The van der Waals surface area contributed by atoms with Crippen molar-refractivity contribution in [2.45, 2.75) is 25.4 Å². The van der Waals surface area contributed by atoms with Gasteiger partial charge in [0, 0.05) is 24.8 Å². The molecule has 0 aliphatic carbocycles. The van der Waals surface area contributed by atoms with Crippen LogP contribution in [0.5, 0.6) is 5.88 Å². The van der Waals surface area contributed by atoms with E-state index >= 15 is 0 Å². The number of alkyl halides is 3. The standard InChI is InChI=1S/C15H22N2O2.C2HF3O2/c1-2-7-17-14(3-1)19-12-13-11-18-10-6-15(13)4-8-16-9-5-15;3-2(4,5)1(6)7/h1-3,7,13,16H,4-6,8-12H2;(H,6,7). The highest BCUT2D eigenvalue weighted by molar-refractivity contribution is 5.73. The molecule has 3 heterocycles. The van der Waals surface area contributed by atoms with E-state index in [1.807, 2.05) is 18.2 Å². The number of piperidine rings is 1. The fourth-order valence-corrected chi connectivity index (χ4v) is 3.31. The largest absolute Gasteiger partial charge is 0.490 e. The number of carbonyl (C=O) groups is 1. The Bertz CT molecular complexity index is 555. The lowest BCUT2D eigenvalue weighted by Gasteiger charge is -2.46. The fraction of sp³-hybridized carbons (Fsp3) is 0.647. The summed E-state index contributed by atoms with van der Waals surface area (Å²) in [4.78, 5) is 13.1. The van der Waals surface area contributed by atoms with Gasteiger partial charge in [-0.15, -0.1) is 0 Å². The average molecular weight is 376 g/mol. The second kappa shape index (κ2) is 9.18. The normalized spacial score (nSPS) is 22.2. The Kier molecular flexibility index (Phi) is 7.22. The maximum atomic E-state index is 10.6. The quantitative estimate of drug-likeness (QED) is 0.844. The zero-order valence-electron chi connectivity index (χ0n) is 14.3. The van der Waals surface area contributed by atoms with Gasteiger partial charge >= 0.3 is 12.1 Å². The summed E-state index contributed by atoms with van der Waals surface area (Å²) >= 11 is 0. The molecule has 2 fully saturated rings. The SMILES string of the molecule is O=C(O)C(F)(F)F.c1ccc(OCC2COCCC23CCNCC3)nc1. The third-order valence-corrected chi connectivity index (χ3v) is 4.84. The number of hydrogen-bond donors (Lipinski definition) is 2. The number of pyridine rings is 1. The number of nitrogens with one attached hydrogen (secondary N) is 1. The van der Waals surface area contributed by atoms with Crippen LogP contribution in [0.25, 0.3) is 0 Å². The lowest BCUT2D eigenvalue weighted by molar-refractivity contribution is -0.192. The summed E-state index contributed by atoms with van der Waals surface area (Å²) < 4.78 is 43.3. The van der Waals surface area contributed by atoms with Crippen molar-refractivity contribution in [2.75, 3.05) is 32.9 Å². The molecule has 26 heavy (non-hydrogen) atoms. The second-order valence-corrected chi connectivity index (χ2v) is 6.42. The van der Waals surface area contributed by atoms with Crippen molar-refractivity contribution < 1.29 is 32.5 Å². The first-order valence-electron chi connectivity index (χ1n) is 8.46. The van der Waals surface area contributed by atoms with E-state index in [0.717, 1.165) is 38.8 Å². The van der Waals surface area contributed by atoms with Gasteiger partial charge in [-0.3, -0.25) is 0 Å². The highest BCUT2D eigenvalue weighted by Gasteiger charge is 2.42. The summed E-state index contributed by atoms with van der Waals surface area (Å²) in [6.45, 7) is 4.70. The Balaban J connectivity index is 0.000000298. The molecule has 9 heteroatoms. The molecule has 2 saturated heterocycles. The van der Waals surface area contributed by atoms with E-state index in [2.05, 4.69) is 10.3 Å². The Morgan fingerprint density at radius 3 is 2.62 bits per heavy atom. The lowest BCUT2D eigenvalue weighted by Crippen LogP contribution is -2.48. The first-order chi connectivity index (χ1) is 12.3. The van der Waals surface area contributed by atoms with Crippen molar-refractivity contribution >= 4 is 5.97 Å². The van der Waals surface area contributed by atoms with Gasteiger partial charge < -0.3 is 19.9 Å². The first-order valence-corrected chi connectivity index (χ1v) is 8.46. The van der Waals surface area contributed by atoms with Crippen LogP contribution < -0.4 is 10.1 Å². The van der Waals surface area contributed by atoms with Crippen molar-refractivity contribution in [1.29, 1.82) is 0 Å².